The summed E-state index contributed by atoms with van der Waals surface area (Å²) in [5.41, 5.74) is 0.492. The van der Waals surface area contributed by atoms with Gasteiger partial charge in [0.15, 0.2) is 4.21 Å². The van der Waals surface area contributed by atoms with Crippen molar-refractivity contribution in [3.05, 3.63) is 11.6 Å². The van der Waals surface area contributed by atoms with Crippen LogP contribution in [0.3, 0.4) is 0 Å². The monoisotopic (exact) mass is 418 g/mol. The topological polar surface area (TPSA) is 116 Å². The Morgan fingerprint density at radius 2 is 2.17 bits per heavy atom. The summed E-state index contributed by atoms with van der Waals surface area (Å²) in [5.74, 6) is 0. The molecule has 3 rings (SSSR count). The van der Waals surface area contributed by atoms with Gasteiger partial charge in [-0.25, -0.2) is 13.6 Å². The third-order valence-corrected chi connectivity index (χ3v) is 10.0. The van der Waals surface area contributed by atoms with Crippen molar-refractivity contribution in [1.82, 2.24) is 5.32 Å². The molecule has 2 aliphatic rings. The Kier molecular flexibility index (Phi) is 5.40. The molecule has 0 amide bonds. The van der Waals surface area contributed by atoms with Gasteiger partial charge in [0.2, 0.25) is 16.3 Å². The number of hydrogen-bond acceptors (Lipinski definition) is 7. The molecule has 12 heteroatoms. The summed E-state index contributed by atoms with van der Waals surface area (Å²) in [6, 6.07) is 1.14. The van der Waals surface area contributed by atoms with E-state index in [1.54, 1.807) is 0 Å². The van der Waals surface area contributed by atoms with Crippen LogP contribution in [0.1, 0.15) is 24.9 Å². The second-order valence-corrected chi connectivity index (χ2v) is 11.0. The van der Waals surface area contributed by atoms with Crippen LogP contribution < -0.4 is 10.5 Å². The molecule has 3 atom stereocenters. The predicted molar refractivity (Wildman–Crippen MR) is 92.0 cm³/mol. The molecule has 3 heterocycles. The Balaban J connectivity index is 0.00000208. The molecule has 8 nitrogen and oxygen atoms in total. The zero-order chi connectivity index (χ0) is 17.0. The third kappa shape index (κ3) is 2.71. The SMILES string of the molecule is CCN[C@H]1C[N+]2(CCC2OC)S(=O)(=O)c2sc(S(N)(=O)=O)cc21.Cl. The van der Waals surface area contributed by atoms with Gasteiger partial charge in [-0.2, -0.15) is 12.3 Å². The van der Waals surface area contributed by atoms with Crippen LogP contribution in [0.2, 0.25) is 0 Å². The van der Waals surface area contributed by atoms with Crippen molar-refractivity contribution in [3.8, 4) is 0 Å². The highest BCUT2D eigenvalue weighted by Crippen LogP contribution is 2.48. The van der Waals surface area contributed by atoms with Crippen molar-refractivity contribution in [2.24, 2.45) is 5.14 Å². The van der Waals surface area contributed by atoms with Gasteiger partial charge in [0.25, 0.3) is 0 Å². The van der Waals surface area contributed by atoms with E-state index in [0.29, 0.717) is 31.6 Å². The zero-order valence-electron chi connectivity index (χ0n) is 13.3. The summed E-state index contributed by atoms with van der Waals surface area (Å²) in [6.07, 6.45) is 0.242. The normalized spacial score (nSPS) is 31.1. The van der Waals surface area contributed by atoms with Gasteiger partial charge in [-0.15, -0.1) is 23.7 Å². The maximum Gasteiger partial charge on any atom is 0.339 e. The molecule has 3 N–H and O–H groups in total. The Bertz CT molecular complexity index is 836. The minimum Gasteiger partial charge on any atom is -0.331 e. The van der Waals surface area contributed by atoms with Gasteiger partial charge in [0.1, 0.15) is 17.3 Å². The molecular formula is C12H21ClN3O5S3+. The Morgan fingerprint density at radius 1 is 1.50 bits per heavy atom. The molecular weight excluding hydrogens is 398 g/mol. The number of likely N-dealkylation sites (N-methyl/N-ethyl adjacent to an activating group) is 1. The number of methoxy groups -OCH3 is 1. The van der Waals surface area contributed by atoms with E-state index < -0.39 is 26.3 Å². The van der Waals surface area contributed by atoms with Gasteiger partial charge >= 0.3 is 10.0 Å². The van der Waals surface area contributed by atoms with Gasteiger partial charge < -0.3 is 10.1 Å². The Morgan fingerprint density at radius 3 is 2.62 bits per heavy atom. The van der Waals surface area contributed by atoms with Crippen molar-refractivity contribution in [2.45, 2.75) is 34.0 Å². The van der Waals surface area contributed by atoms with Gasteiger partial charge in [0.05, 0.1) is 12.5 Å². The van der Waals surface area contributed by atoms with E-state index >= 15 is 0 Å². The average molecular weight is 419 g/mol. The van der Waals surface area contributed by atoms with Crippen molar-refractivity contribution in [1.29, 1.82) is 0 Å². The number of nitrogens with two attached hydrogens (primary N) is 1. The summed E-state index contributed by atoms with van der Waals surface area (Å²) in [7, 11) is -6.17. The van der Waals surface area contributed by atoms with E-state index in [-0.39, 0.29) is 30.8 Å². The number of rotatable bonds is 4. The van der Waals surface area contributed by atoms with Gasteiger partial charge in [-0.3, -0.25) is 0 Å². The number of halogens is 1. The number of thiophene rings is 1. The lowest BCUT2D eigenvalue weighted by Gasteiger charge is -2.52. The summed E-state index contributed by atoms with van der Waals surface area (Å²) < 4.78 is 54.6. The van der Waals surface area contributed by atoms with Crippen LogP contribution >= 0.6 is 23.7 Å². The summed E-state index contributed by atoms with van der Waals surface area (Å²) in [5, 5.41) is 8.43. The van der Waals surface area contributed by atoms with Crippen LogP contribution in [0.5, 0.6) is 0 Å². The van der Waals surface area contributed by atoms with E-state index in [4.69, 9.17) is 9.88 Å². The molecule has 24 heavy (non-hydrogen) atoms. The number of sulfonamides is 2. The first-order chi connectivity index (χ1) is 10.7. The predicted octanol–water partition coefficient (Wildman–Crippen LogP) is 0.363. The lowest BCUT2D eigenvalue weighted by molar-refractivity contribution is -0.906. The molecule has 0 radical (unpaired) electrons. The van der Waals surface area contributed by atoms with Crippen LogP contribution in [0.4, 0.5) is 0 Å². The third-order valence-electron chi connectivity index (χ3n) is 4.56. The van der Waals surface area contributed by atoms with Crippen molar-refractivity contribution in [3.63, 3.8) is 0 Å². The minimum atomic E-state index is -3.94. The number of fused-ring (bicyclic) bond motifs is 1. The number of quaternary nitrogens is 1. The molecule has 0 aromatic carbocycles. The van der Waals surface area contributed by atoms with Crippen molar-refractivity contribution < 1.29 is 25.5 Å². The molecule has 1 aromatic heterocycles. The lowest BCUT2D eigenvalue weighted by atomic mass is 10.1. The largest absolute Gasteiger partial charge is 0.339 e. The highest BCUT2D eigenvalue weighted by molar-refractivity contribution is 7.92. The van der Waals surface area contributed by atoms with Crippen LogP contribution in [0.15, 0.2) is 14.5 Å². The molecule has 2 unspecified atom stereocenters. The maximum atomic E-state index is 13.1. The van der Waals surface area contributed by atoms with E-state index in [9.17, 15) is 16.8 Å². The molecule has 0 bridgehead atoms. The van der Waals surface area contributed by atoms with E-state index in [2.05, 4.69) is 5.32 Å². The van der Waals surface area contributed by atoms with E-state index in [1.807, 2.05) is 6.92 Å². The van der Waals surface area contributed by atoms with Crippen LogP contribution in [-0.2, 0) is 24.8 Å². The highest BCUT2D eigenvalue weighted by Gasteiger charge is 2.62. The quantitative estimate of drug-likeness (QED) is 0.682. The Hall–Kier alpha value is -0.270. The molecule has 1 spiro atoms. The first kappa shape index (κ1) is 20.0. The first-order valence-electron chi connectivity index (χ1n) is 7.22. The van der Waals surface area contributed by atoms with Gasteiger partial charge in [-0.1, -0.05) is 6.92 Å². The number of nitrogens with zero attached hydrogens (tertiary/aromatic N) is 1. The summed E-state index contributed by atoms with van der Waals surface area (Å²) >= 11 is 0.731. The summed E-state index contributed by atoms with van der Waals surface area (Å²) in [6.45, 7) is 3.35. The number of hydrogen-bond donors (Lipinski definition) is 2. The van der Waals surface area contributed by atoms with E-state index in [0.717, 1.165) is 11.3 Å². The molecule has 1 saturated heterocycles. The Labute approximate surface area is 152 Å². The molecule has 2 aliphatic heterocycles. The fourth-order valence-electron chi connectivity index (χ4n) is 3.36. The summed E-state index contributed by atoms with van der Waals surface area (Å²) in [4.78, 5) is 0. The van der Waals surface area contributed by atoms with Gasteiger partial charge in [-0.05, 0) is 12.6 Å². The van der Waals surface area contributed by atoms with Crippen LogP contribution in [-0.4, -0.2) is 53.7 Å². The van der Waals surface area contributed by atoms with Crippen LogP contribution in [0.25, 0.3) is 0 Å². The smallest absolute Gasteiger partial charge is 0.331 e. The highest BCUT2D eigenvalue weighted by atomic mass is 35.5. The average Bonchev–Trinajstić information content (AvgIpc) is 2.87. The fourth-order valence-corrected chi connectivity index (χ4v) is 8.37. The number of primary sulfonamides is 1. The molecule has 0 aliphatic carbocycles. The van der Waals surface area contributed by atoms with Crippen molar-refractivity contribution >= 4 is 43.8 Å². The standard InChI is InChI=1S/C12H20N3O5S3.ClH/c1-3-14-9-7-15(5-4-10(15)20-2)23(18,19)12-8(9)6-11(21-12)22(13,16)17;/h6,9-10,14H,3-5,7H2,1-2H3,(H2,13,16,17);1H/q+1;/t9-,10?,15?;/m0./s1. The van der Waals surface area contributed by atoms with E-state index in [1.165, 1.54) is 13.2 Å². The molecule has 1 aromatic rings. The van der Waals surface area contributed by atoms with Crippen LogP contribution in [0, 0.1) is 0 Å². The lowest BCUT2D eigenvalue weighted by Crippen LogP contribution is -2.71. The second-order valence-electron chi connectivity index (χ2n) is 5.78. The van der Waals surface area contributed by atoms with Crippen molar-refractivity contribution in [2.75, 3.05) is 26.7 Å². The van der Waals surface area contributed by atoms with Gasteiger partial charge in [0, 0.05) is 12.7 Å². The minimum absolute atomic E-state index is 0. The molecule has 0 saturated carbocycles. The molecule has 138 valence electrons. The second kappa shape index (κ2) is 6.47. The zero-order valence-corrected chi connectivity index (χ0v) is 16.5. The number of ether oxygens (including phenoxy) is 1. The molecule has 1 fully saturated rings. The maximum absolute atomic E-state index is 13.1. The first-order valence-corrected chi connectivity index (χ1v) is 11.0. The number of nitrogens with one attached hydrogen (secondary N) is 1. The fraction of sp³-hybridized carbons (Fsp3) is 0.667.